The van der Waals surface area contributed by atoms with Gasteiger partial charge in [0.2, 0.25) is 0 Å². The molecule has 1 unspecified atom stereocenters. The number of nitriles is 1. The van der Waals surface area contributed by atoms with Crippen molar-refractivity contribution in [2.24, 2.45) is 0 Å². The van der Waals surface area contributed by atoms with Gasteiger partial charge in [-0.25, -0.2) is 12.7 Å². The Morgan fingerprint density at radius 3 is 2.32 bits per heavy atom. The molecule has 0 saturated heterocycles. The first kappa shape index (κ1) is 22.1. The molecule has 0 saturated carbocycles. The van der Waals surface area contributed by atoms with Crippen LogP contribution < -0.4 is 9.62 Å². The number of rotatable bonds is 7. The van der Waals surface area contributed by atoms with Crippen LogP contribution in [0.4, 0.5) is 17.1 Å². The molecule has 3 aromatic carbocycles. The fourth-order valence-corrected chi connectivity index (χ4v) is 4.68. The van der Waals surface area contributed by atoms with Crippen molar-refractivity contribution in [3.05, 3.63) is 93.5 Å². The average Bonchev–Trinajstić information content (AvgIpc) is 2.74. The highest BCUT2D eigenvalue weighted by atomic mass is 35.5. The molecule has 158 valence electrons. The van der Waals surface area contributed by atoms with E-state index in [2.05, 4.69) is 5.32 Å². The minimum atomic E-state index is -4.04. The molecule has 0 aromatic heterocycles. The number of hydrogen-bond acceptors (Lipinski definition) is 6. The number of benzene rings is 3. The molecular weight excluding hydrogens is 440 g/mol. The summed E-state index contributed by atoms with van der Waals surface area (Å²) in [6.07, 6.45) is -0.824. The Labute approximate surface area is 184 Å². The van der Waals surface area contributed by atoms with Crippen molar-refractivity contribution in [1.29, 1.82) is 5.26 Å². The number of hydrogen-bond donors (Lipinski definition) is 1. The normalized spacial score (nSPS) is 11.9. The van der Waals surface area contributed by atoms with Gasteiger partial charge in [-0.3, -0.25) is 10.1 Å². The van der Waals surface area contributed by atoms with E-state index in [4.69, 9.17) is 16.9 Å². The van der Waals surface area contributed by atoms with Gasteiger partial charge in [-0.05, 0) is 61.5 Å². The molecule has 0 heterocycles. The van der Waals surface area contributed by atoms with Crippen LogP contribution in [-0.2, 0) is 10.0 Å². The fraction of sp³-hybridized carbons (Fsp3) is 0.0952. The van der Waals surface area contributed by atoms with Crippen molar-refractivity contribution in [1.82, 2.24) is 0 Å². The number of nitro benzene ring substituents is 1. The second-order valence-corrected chi connectivity index (χ2v) is 8.79. The van der Waals surface area contributed by atoms with Crippen LogP contribution in [0.2, 0.25) is 5.02 Å². The molecule has 0 aliphatic heterocycles. The fourth-order valence-electron chi connectivity index (χ4n) is 2.98. The van der Waals surface area contributed by atoms with Crippen molar-refractivity contribution >= 4 is 38.7 Å². The largest absolute Gasteiger partial charge is 0.364 e. The summed E-state index contributed by atoms with van der Waals surface area (Å²) in [4.78, 5) is 10.6. The van der Waals surface area contributed by atoms with Crippen molar-refractivity contribution in [3.63, 3.8) is 0 Å². The van der Waals surface area contributed by atoms with E-state index in [1.807, 2.05) is 6.07 Å². The van der Waals surface area contributed by atoms with Gasteiger partial charge in [0, 0.05) is 22.8 Å². The van der Waals surface area contributed by atoms with Gasteiger partial charge in [-0.1, -0.05) is 17.7 Å². The predicted octanol–water partition coefficient (Wildman–Crippen LogP) is 4.77. The van der Waals surface area contributed by atoms with Crippen molar-refractivity contribution < 1.29 is 13.3 Å². The maximum Gasteiger partial charge on any atom is 0.271 e. The molecule has 1 atom stereocenters. The van der Waals surface area contributed by atoms with E-state index in [9.17, 15) is 18.5 Å². The average molecular weight is 457 g/mol. The molecule has 3 rings (SSSR count). The lowest BCUT2D eigenvalue weighted by Crippen LogP contribution is -2.43. The number of nitro groups is 1. The van der Waals surface area contributed by atoms with Crippen LogP contribution in [-0.4, -0.2) is 19.5 Å². The topological polar surface area (TPSA) is 116 Å². The van der Waals surface area contributed by atoms with E-state index >= 15 is 0 Å². The number of sulfonamides is 1. The molecular formula is C21H17ClN4O4S. The third-order valence-corrected chi connectivity index (χ3v) is 6.57. The van der Waals surface area contributed by atoms with Crippen LogP contribution in [0.5, 0.6) is 0 Å². The van der Waals surface area contributed by atoms with Gasteiger partial charge < -0.3 is 5.32 Å². The first-order valence-corrected chi connectivity index (χ1v) is 10.9. The van der Waals surface area contributed by atoms with Crippen LogP contribution in [0, 0.1) is 21.4 Å². The smallest absolute Gasteiger partial charge is 0.271 e. The third-order valence-electron chi connectivity index (χ3n) is 4.41. The lowest BCUT2D eigenvalue weighted by molar-refractivity contribution is -0.384. The SMILES string of the molecule is CC(Nc1cccc([N+](=O)[O-])c1)N(c1ccc(C#N)cc1)S(=O)(=O)c1ccc(Cl)cc1. The van der Waals surface area contributed by atoms with Gasteiger partial charge in [0.05, 0.1) is 27.1 Å². The van der Waals surface area contributed by atoms with E-state index in [1.165, 1.54) is 66.7 Å². The van der Waals surface area contributed by atoms with Crippen LogP contribution in [0.15, 0.2) is 77.7 Å². The first-order chi connectivity index (χ1) is 14.7. The van der Waals surface area contributed by atoms with Gasteiger partial charge >= 0.3 is 0 Å². The van der Waals surface area contributed by atoms with Crippen molar-refractivity contribution in [2.75, 3.05) is 9.62 Å². The van der Waals surface area contributed by atoms with Gasteiger partial charge in [0.1, 0.15) is 6.17 Å². The Morgan fingerprint density at radius 1 is 1.10 bits per heavy atom. The molecule has 31 heavy (non-hydrogen) atoms. The number of nitrogens with zero attached hydrogens (tertiary/aromatic N) is 3. The zero-order chi connectivity index (χ0) is 22.6. The molecule has 0 radical (unpaired) electrons. The van der Waals surface area contributed by atoms with E-state index in [0.29, 0.717) is 22.0 Å². The predicted molar refractivity (Wildman–Crippen MR) is 118 cm³/mol. The number of halogens is 1. The van der Waals surface area contributed by atoms with Crippen LogP contribution in [0.3, 0.4) is 0 Å². The summed E-state index contributed by atoms with van der Waals surface area (Å²) >= 11 is 5.90. The number of nitrogens with one attached hydrogen (secondary N) is 1. The molecule has 3 aromatic rings. The molecule has 8 nitrogen and oxygen atoms in total. The molecule has 0 spiro atoms. The maximum atomic E-state index is 13.5. The molecule has 10 heteroatoms. The van der Waals surface area contributed by atoms with E-state index in [-0.39, 0.29) is 10.6 Å². The van der Waals surface area contributed by atoms with Crippen LogP contribution in [0.25, 0.3) is 0 Å². The first-order valence-electron chi connectivity index (χ1n) is 9.03. The lowest BCUT2D eigenvalue weighted by atomic mass is 10.2. The number of non-ortho nitro benzene ring substituents is 1. The molecule has 0 aliphatic rings. The summed E-state index contributed by atoms with van der Waals surface area (Å²) in [7, 11) is -4.04. The molecule has 1 N–H and O–H groups in total. The summed E-state index contributed by atoms with van der Waals surface area (Å²) in [5, 5.41) is 23.5. The Hall–Kier alpha value is -3.61. The molecule has 0 amide bonds. The highest BCUT2D eigenvalue weighted by Crippen LogP contribution is 2.28. The Balaban J connectivity index is 2.04. The van der Waals surface area contributed by atoms with Gasteiger partial charge in [0.25, 0.3) is 15.7 Å². The Bertz CT molecular complexity index is 1240. The standard InChI is InChI=1S/C21H17ClN4O4S/c1-15(24-18-3-2-4-20(13-18)26(27)28)25(19-9-5-16(14-23)6-10-19)31(29,30)21-11-7-17(22)8-12-21/h2-13,15,24H,1H3. The summed E-state index contributed by atoms with van der Waals surface area (Å²) < 4.78 is 28.1. The summed E-state index contributed by atoms with van der Waals surface area (Å²) in [6, 6.07) is 19.6. The van der Waals surface area contributed by atoms with E-state index in [1.54, 1.807) is 13.0 Å². The summed E-state index contributed by atoms with van der Waals surface area (Å²) in [5.74, 6) is 0. The highest BCUT2D eigenvalue weighted by Gasteiger charge is 2.30. The molecule has 0 aliphatic carbocycles. The Morgan fingerprint density at radius 2 is 1.74 bits per heavy atom. The zero-order valence-corrected chi connectivity index (χ0v) is 17.8. The van der Waals surface area contributed by atoms with Crippen molar-refractivity contribution in [2.45, 2.75) is 18.0 Å². The second-order valence-electron chi connectivity index (χ2n) is 6.54. The van der Waals surface area contributed by atoms with Crippen LogP contribution in [0.1, 0.15) is 12.5 Å². The zero-order valence-electron chi connectivity index (χ0n) is 16.3. The van der Waals surface area contributed by atoms with Crippen LogP contribution >= 0.6 is 11.6 Å². The number of anilines is 2. The summed E-state index contributed by atoms with van der Waals surface area (Å²) in [5.41, 5.74) is 0.959. The summed E-state index contributed by atoms with van der Waals surface area (Å²) in [6.45, 7) is 1.62. The molecule has 0 bridgehead atoms. The highest BCUT2D eigenvalue weighted by molar-refractivity contribution is 7.92. The van der Waals surface area contributed by atoms with Crippen molar-refractivity contribution in [3.8, 4) is 6.07 Å². The van der Waals surface area contributed by atoms with Gasteiger partial charge in [-0.2, -0.15) is 5.26 Å². The quantitative estimate of drug-likeness (QED) is 0.311. The van der Waals surface area contributed by atoms with Gasteiger partial charge in [0.15, 0.2) is 0 Å². The Kier molecular flexibility index (Phi) is 6.44. The molecule has 0 fully saturated rings. The van der Waals surface area contributed by atoms with E-state index < -0.39 is 21.1 Å². The van der Waals surface area contributed by atoms with Gasteiger partial charge in [-0.15, -0.1) is 0 Å². The monoisotopic (exact) mass is 456 g/mol. The lowest BCUT2D eigenvalue weighted by Gasteiger charge is -2.31. The maximum absolute atomic E-state index is 13.5. The second kappa shape index (κ2) is 9.04. The minimum absolute atomic E-state index is 0.0222. The van der Waals surface area contributed by atoms with E-state index in [0.717, 1.165) is 4.31 Å². The minimum Gasteiger partial charge on any atom is -0.364 e. The third kappa shape index (κ3) is 4.94.